The largest absolute Gasteiger partial charge is 0.444 e. The van der Waals surface area contributed by atoms with Crippen molar-refractivity contribution in [1.82, 2.24) is 9.80 Å². The van der Waals surface area contributed by atoms with E-state index in [2.05, 4.69) is 0 Å². The van der Waals surface area contributed by atoms with Crippen LogP contribution in [0.4, 0.5) is 9.59 Å². The second-order valence-corrected chi connectivity index (χ2v) is 15.3. The maximum absolute atomic E-state index is 12.9. The number of amides is 2. The van der Waals surface area contributed by atoms with Gasteiger partial charge in [0.2, 0.25) is 0 Å². The van der Waals surface area contributed by atoms with E-state index in [1.54, 1.807) is 65.8 Å². The van der Waals surface area contributed by atoms with Crippen molar-refractivity contribution in [2.75, 3.05) is 13.1 Å². The van der Waals surface area contributed by atoms with Gasteiger partial charge in [0.1, 0.15) is 11.2 Å². The highest BCUT2D eigenvalue weighted by Gasteiger charge is 2.37. The van der Waals surface area contributed by atoms with Crippen LogP contribution in [0.1, 0.15) is 125 Å². The topological polar surface area (TPSA) is 137 Å². The highest BCUT2D eigenvalue weighted by Crippen LogP contribution is 2.25. The maximum atomic E-state index is 12.9. The van der Waals surface area contributed by atoms with Gasteiger partial charge in [0.25, 0.3) is 0 Å². The normalized spacial score (nSPS) is 17.7. The first-order valence-corrected chi connectivity index (χ1v) is 17.9. The molecule has 0 N–H and O–H groups in total. The van der Waals surface area contributed by atoms with Crippen molar-refractivity contribution >= 4 is 35.3 Å². The van der Waals surface area contributed by atoms with Crippen LogP contribution >= 0.6 is 0 Å². The van der Waals surface area contributed by atoms with E-state index >= 15 is 0 Å². The van der Waals surface area contributed by atoms with Gasteiger partial charge in [-0.15, -0.1) is 0 Å². The number of hydrogen-bond donors (Lipinski definition) is 0. The van der Waals surface area contributed by atoms with E-state index < -0.39 is 35.5 Å². The average molecular weight is 705 g/mol. The number of ether oxygens (including phenoxy) is 3. The number of ketones is 4. The second-order valence-electron chi connectivity index (χ2n) is 15.3. The third kappa shape index (κ3) is 11.8. The highest BCUT2D eigenvalue weighted by atomic mass is 16.6. The van der Waals surface area contributed by atoms with Crippen LogP contribution in [0.25, 0.3) is 0 Å². The van der Waals surface area contributed by atoms with Gasteiger partial charge in [-0.1, -0.05) is 48.5 Å². The molecule has 2 saturated heterocycles. The molecule has 0 radical (unpaired) electrons. The zero-order chi connectivity index (χ0) is 37.3. The molecule has 0 unspecified atom stereocenters. The van der Waals surface area contributed by atoms with Crippen molar-refractivity contribution in [1.29, 1.82) is 0 Å². The molecule has 11 heteroatoms. The molecule has 2 atom stereocenters. The van der Waals surface area contributed by atoms with Gasteiger partial charge in [-0.25, -0.2) is 9.59 Å². The summed E-state index contributed by atoms with van der Waals surface area (Å²) in [5.41, 5.74) is 1.48. The summed E-state index contributed by atoms with van der Waals surface area (Å²) < 4.78 is 16.7. The summed E-state index contributed by atoms with van der Waals surface area (Å²) in [6.45, 7) is 12.3. The Balaban J connectivity index is 1.17. The van der Waals surface area contributed by atoms with E-state index in [9.17, 15) is 28.8 Å². The molecule has 2 aromatic carbocycles. The lowest BCUT2D eigenvalue weighted by atomic mass is 10.00. The number of Topliss-reactive ketones (excluding diaryl/α,β-unsaturated/α-hetero) is 4. The van der Waals surface area contributed by atoms with Gasteiger partial charge in [-0.2, -0.15) is 0 Å². The summed E-state index contributed by atoms with van der Waals surface area (Å²) in [6, 6.07) is 13.1. The second kappa shape index (κ2) is 17.2. The molecular formula is C40H52N2O9. The molecular weight excluding hydrogens is 652 g/mol. The van der Waals surface area contributed by atoms with Crippen LogP contribution in [-0.4, -0.2) is 81.5 Å². The molecule has 2 aromatic rings. The fraction of sp³-hybridized carbons (Fsp3) is 0.550. The van der Waals surface area contributed by atoms with Crippen LogP contribution in [0.15, 0.2) is 48.5 Å². The molecule has 51 heavy (non-hydrogen) atoms. The molecule has 2 aliphatic heterocycles. The number of nitrogens with zero attached hydrogens (tertiary/aromatic N) is 2. The molecule has 276 valence electrons. The van der Waals surface area contributed by atoms with Gasteiger partial charge < -0.3 is 14.2 Å². The number of rotatable bonds is 14. The van der Waals surface area contributed by atoms with Crippen LogP contribution in [-0.2, 0) is 37.0 Å². The van der Waals surface area contributed by atoms with E-state index in [1.807, 2.05) is 24.3 Å². The van der Waals surface area contributed by atoms with Crippen LogP contribution in [0.3, 0.4) is 0 Å². The number of likely N-dealkylation sites (tertiary alicyclic amines) is 2. The van der Waals surface area contributed by atoms with Gasteiger partial charge in [0.15, 0.2) is 23.1 Å². The fourth-order valence-corrected chi connectivity index (χ4v) is 6.24. The lowest BCUT2D eigenvalue weighted by molar-refractivity contribution is -0.123. The molecule has 2 aliphatic rings. The third-order valence-electron chi connectivity index (χ3n) is 8.79. The Kier molecular flexibility index (Phi) is 13.3. The maximum Gasteiger partial charge on any atom is 0.410 e. The molecule has 0 spiro atoms. The van der Waals surface area contributed by atoms with Crippen molar-refractivity contribution in [3.8, 4) is 0 Å². The summed E-state index contributed by atoms with van der Waals surface area (Å²) in [4.78, 5) is 79.4. The van der Waals surface area contributed by atoms with E-state index in [1.165, 1.54) is 9.80 Å². The van der Waals surface area contributed by atoms with E-state index in [0.29, 0.717) is 50.3 Å². The summed E-state index contributed by atoms with van der Waals surface area (Å²) >= 11 is 0. The molecule has 2 fully saturated rings. The van der Waals surface area contributed by atoms with Crippen LogP contribution in [0, 0.1) is 0 Å². The molecule has 11 nitrogen and oxygen atoms in total. The quantitative estimate of drug-likeness (QED) is 0.186. The van der Waals surface area contributed by atoms with Gasteiger partial charge in [0, 0.05) is 49.9 Å². The molecule has 4 rings (SSSR count). The zero-order valence-electron chi connectivity index (χ0n) is 30.8. The van der Waals surface area contributed by atoms with Crippen molar-refractivity contribution in [2.24, 2.45) is 0 Å². The van der Waals surface area contributed by atoms with Crippen LogP contribution in [0.5, 0.6) is 0 Å². The highest BCUT2D eigenvalue weighted by molar-refractivity contribution is 6.00. The Hall–Kier alpha value is -4.38. The van der Waals surface area contributed by atoms with Gasteiger partial charge in [-0.05, 0) is 78.4 Å². The summed E-state index contributed by atoms with van der Waals surface area (Å²) in [5.74, 6) is -0.538. The van der Waals surface area contributed by atoms with Crippen molar-refractivity contribution in [3.63, 3.8) is 0 Å². The lowest BCUT2D eigenvalue weighted by Crippen LogP contribution is -2.43. The Morgan fingerprint density at radius 2 is 0.922 bits per heavy atom. The Morgan fingerprint density at radius 3 is 1.25 bits per heavy atom. The molecule has 2 amide bonds. The van der Waals surface area contributed by atoms with E-state index in [-0.39, 0.29) is 48.8 Å². The Labute approximate surface area is 301 Å². The molecule has 2 heterocycles. The standard InChI is InChI=1S/C40H52N2O9/c1-39(2,3)50-37(47)41-23-7-9-31(41)35(45)21-19-33(43)29-15-11-27(12-16-29)25-49-26-28-13-17-30(18-14-28)34(44)20-22-36(46)32-10-8-24-42(32)38(48)51-40(4,5)6/h11-18,31-32H,7-10,19-26H2,1-6H3/t31-,32-/m0/s1. The molecule has 0 aliphatic carbocycles. The van der Waals surface area contributed by atoms with E-state index in [4.69, 9.17) is 14.2 Å². The fourth-order valence-electron chi connectivity index (χ4n) is 6.24. The SMILES string of the molecule is CC(C)(C)OC(=O)N1CCC[C@H]1C(=O)CCC(=O)c1ccc(COCc2ccc(C(=O)CCC(=O)[C@@H]3CCCN3C(=O)OC(C)(C)C)cc2)cc1. The predicted octanol–water partition coefficient (Wildman–Crippen LogP) is 7.27. The van der Waals surface area contributed by atoms with Gasteiger partial charge in [0.05, 0.1) is 25.3 Å². The first kappa shape index (κ1) is 39.4. The minimum Gasteiger partial charge on any atom is -0.444 e. The van der Waals surface area contributed by atoms with Crippen molar-refractivity contribution in [2.45, 2.75) is 129 Å². The average Bonchev–Trinajstić information content (AvgIpc) is 3.76. The molecule has 0 saturated carbocycles. The van der Waals surface area contributed by atoms with Crippen molar-refractivity contribution in [3.05, 3.63) is 70.8 Å². The molecule has 0 bridgehead atoms. The number of carbonyl (C=O) groups excluding carboxylic acids is 6. The zero-order valence-corrected chi connectivity index (χ0v) is 30.8. The first-order valence-electron chi connectivity index (χ1n) is 17.9. The Morgan fingerprint density at radius 1 is 0.569 bits per heavy atom. The van der Waals surface area contributed by atoms with Crippen LogP contribution in [0.2, 0.25) is 0 Å². The number of benzene rings is 2. The monoisotopic (exact) mass is 704 g/mol. The minimum atomic E-state index is -0.648. The lowest BCUT2D eigenvalue weighted by Gasteiger charge is -2.28. The van der Waals surface area contributed by atoms with E-state index in [0.717, 1.165) is 24.0 Å². The van der Waals surface area contributed by atoms with Gasteiger partial charge in [-0.3, -0.25) is 29.0 Å². The number of hydrogen-bond acceptors (Lipinski definition) is 9. The smallest absolute Gasteiger partial charge is 0.410 e. The summed E-state index contributed by atoms with van der Waals surface area (Å²) in [5, 5.41) is 0. The minimum absolute atomic E-state index is 0.0607. The van der Waals surface area contributed by atoms with Gasteiger partial charge >= 0.3 is 12.2 Å². The van der Waals surface area contributed by atoms with Crippen LogP contribution < -0.4 is 0 Å². The first-order chi connectivity index (χ1) is 24.0. The number of carbonyl (C=O) groups is 6. The summed E-state index contributed by atoms with van der Waals surface area (Å²) in [6.07, 6.45) is 1.86. The third-order valence-corrected chi connectivity index (χ3v) is 8.79. The molecule has 0 aromatic heterocycles. The predicted molar refractivity (Wildman–Crippen MR) is 190 cm³/mol. The van der Waals surface area contributed by atoms with Crippen molar-refractivity contribution < 1.29 is 43.0 Å². The summed E-state index contributed by atoms with van der Waals surface area (Å²) in [7, 11) is 0. The Bertz CT molecular complexity index is 1450.